The number of methoxy groups -OCH3 is 1. The number of sulfonamides is 1. The lowest BCUT2D eigenvalue weighted by molar-refractivity contribution is -0.156. The quantitative estimate of drug-likeness (QED) is 0.562. The molecule has 2 aromatic carbocycles. The van der Waals surface area contributed by atoms with E-state index in [4.69, 9.17) is 21.1 Å². The van der Waals surface area contributed by atoms with Gasteiger partial charge in [0.15, 0.2) is 6.10 Å². The second-order valence-corrected chi connectivity index (χ2v) is 8.53. The molecule has 0 saturated carbocycles. The number of carbonyl (C=O) groups is 2. The maximum absolute atomic E-state index is 12.4. The molecule has 162 valence electrons. The zero-order valence-corrected chi connectivity index (χ0v) is 18.3. The van der Waals surface area contributed by atoms with Crippen LogP contribution >= 0.6 is 11.6 Å². The molecule has 2 aromatic rings. The number of amides is 1. The minimum absolute atomic E-state index is 0.0338. The van der Waals surface area contributed by atoms with Crippen LogP contribution in [0.4, 0.5) is 0 Å². The molecule has 0 aromatic heterocycles. The van der Waals surface area contributed by atoms with E-state index in [2.05, 4.69) is 10.0 Å². The van der Waals surface area contributed by atoms with Gasteiger partial charge >= 0.3 is 5.97 Å². The van der Waals surface area contributed by atoms with Crippen LogP contribution in [-0.4, -0.2) is 39.5 Å². The highest BCUT2D eigenvalue weighted by molar-refractivity contribution is 7.89. The summed E-state index contributed by atoms with van der Waals surface area (Å²) in [5.74, 6) is -0.918. The van der Waals surface area contributed by atoms with E-state index < -0.39 is 34.0 Å². The Kier molecular flexibility index (Phi) is 8.22. The maximum Gasteiger partial charge on any atom is 0.324 e. The molecule has 1 unspecified atom stereocenters. The van der Waals surface area contributed by atoms with Crippen LogP contribution in [0.25, 0.3) is 0 Å². The van der Waals surface area contributed by atoms with E-state index >= 15 is 0 Å². The summed E-state index contributed by atoms with van der Waals surface area (Å²) >= 11 is 6.03. The summed E-state index contributed by atoms with van der Waals surface area (Å²) in [4.78, 5) is 24.4. The number of ether oxygens (including phenoxy) is 2. The topological polar surface area (TPSA) is 111 Å². The molecular weight excluding hydrogens is 432 g/mol. The minimum Gasteiger partial charge on any atom is -0.497 e. The number of hydrogen-bond donors (Lipinski definition) is 2. The van der Waals surface area contributed by atoms with Crippen molar-refractivity contribution in [2.75, 3.05) is 7.11 Å². The average Bonchev–Trinajstić information content (AvgIpc) is 2.72. The Morgan fingerprint density at radius 2 is 1.70 bits per heavy atom. The number of nitrogens with one attached hydrogen (secondary N) is 2. The summed E-state index contributed by atoms with van der Waals surface area (Å²) in [5, 5.41) is 3.12. The van der Waals surface area contributed by atoms with Crippen LogP contribution in [0.1, 0.15) is 19.4 Å². The third kappa shape index (κ3) is 6.45. The van der Waals surface area contributed by atoms with E-state index in [-0.39, 0.29) is 11.4 Å². The standard InChI is InChI=1S/C20H23ClN2O6S/c1-13(23-30(26,27)17-10-8-16(28-3)9-11-17)20(25)29-14(2)19(24)22-12-15-6-4-5-7-18(15)21/h4-11,13-14,23H,12H2,1-3H3,(H,22,24)/t13-,14?/m0/s1. The highest BCUT2D eigenvalue weighted by atomic mass is 35.5. The SMILES string of the molecule is COc1ccc(S(=O)(=O)N[C@@H](C)C(=O)OC(C)C(=O)NCc2ccccc2Cl)cc1. The Morgan fingerprint density at radius 1 is 1.07 bits per heavy atom. The molecule has 0 saturated heterocycles. The van der Waals surface area contributed by atoms with Crippen LogP contribution in [0.15, 0.2) is 53.4 Å². The van der Waals surface area contributed by atoms with Gasteiger partial charge in [-0.15, -0.1) is 0 Å². The summed E-state index contributed by atoms with van der Waals surface area (Å²) in [6, 6.07) is 11.5. The normalized spacial score (nSPS) is 13.2. The minimum atomic E-state index is -3.96. The number of halogens is 1. The molecule has 1 amide bonds. The van der Waals surface area contributed by atoms with Crippen LogP contribution < -0.4 is 14.8 Å². The predicted octanol–water partition coefficient (Wildman–Crippen LogP) is 2.26. The average molecular weight is 455 g/mol. The van der Waals surface area contributed by atoms with Crippen molar-refractivity contribution >= 4 is 33.5 Å². The lowest BCUT2D eigenvalue weighted by atomic mass is 10.2. The first kappa shape index (κ1) is 23.7. The van der Waals surface area contributed by atoms with Gasteiger partial charge in [0.05, 0.1) is 12.0 Å². The summed E-state index contributed by atoms with van der Waals surface area (Å²) < 4.78 is 37.1. The van der Waals surface area contributed by atoms with Crippen LogP contribution in [-0.2, 0) is 30.9 Å². The van der Waals surface area contributed by atoms with Crippen molar-refractivity contribution in [3.63, 3.8) is 0 Å². The summed E-state index contributed by atoms with van der Waals surface area (Å²) in [7, 11) is -2.49. The molecule has 0 bridgehead atoms. The molecule has 0 aliphatic heterocycles. The lowest BCUT2D eigenvalue weighted by Crippen LogP contribution is -2.43. The molecule has 0 radical (unpaired) electrons. The highest BCUT2D eigenvalue weighted by Crippen LogP contribution is 2.16. The summed E-state index contributed by atoms with van der Waals surface area (Å²) in [6.07, 6.45) is -1.12. The van der Waals surface area contributed by atoms with Gasteiger partial charge in [0.1, 0.15) is 11.8 Å². The summed E-state index contributed by atoms with van der Waals surface area (Å²) in [6.45, 7) is 2.89. The highest BCUT2D eigenvalue weighted by Gasteiger charge is 2.26. The lowest BCUT2D eigenvalue weighted by Gasteiger charge is -2.18. The van der Waals surface area contributed by atoms with Crippen molar-refractivity contribution in [3.8, 4) is 5.75 Å². The van der Waals surface area contributed by atoms with Gasteiger partial charge in [-0.25, -0.2) is 8.42 Å². The smallest absolute Gasteiger partial charge is 0.324 e. The molecular formula is C20H23ClN2O6S. The van der Waals surface area contributed by atoms with Crippen molar-refractivity contribution in [1.29, 1.82) is 0 Å². The molecule has 8 nitrogen and oxygen atoms in total. The maximum atomic E-state index is 12.4. The third-order valence-corrected chi connectivity index (χ3v) is 6.05. The molecule has 0 heterocycles. The molecule has 30 heavy (non-hydrogen) atoms. The van der Waals surface area contributed by atoms with Gasteiger partial charge in [0.25, 0.3) is 5.91 Å². The van der Waals surface area contributed by atoms with Crippen LogP contribution in [0.2, 0.25) is 5.02 Å². The monoisotopic (exact) mass is 454 g/mol. The predicted molar refractivity (Wildman–Crippen MR) is 112 cm³/mol. The van der Waals surface area contributed by atoms with E-state index in [9.17, 15) is 18.0 Å². The van der Waals surface area contributed by atoms with E-state index in [1.54, 1.807) is 24.3 Å². The van der Waals surface area contributed by atoms with Crippen molar-refractivity contribution in [1.82, 2.24) is 10.0 Å². The van der Waals surface area contributed by atoms with Crippen LogP contribution in [0, 0.1) is 0 Å². The van der Waals surface area contributed by atoms with Crippen LogP contribution in [0.3, 0.4) is 0 Å². The number of rotatable bonds is 9. The van der Waals surface area contributed by atoms with Gasteiger partial charge in [-0.2, -0.15) is 4.72 Å². The molecule has 0 aliphatic carbocycles. The first-order chi connectivity index (χ1) is 14.1. The van der Waals surface area contributed by atoms with E-state index in [1.165, 1.54) is 45.2 Å². The second-order valence-electron chi connectivity index (χ2n) is 6.41. The first-order valence-corrected chi connectivity index (χ1v) is 10.9. The van der Waals surface area contributed by atoms with E-state index in [0.717, 1.165) is 0 Å². The zero-order valence-electron chi connectivity index (χ0n) is 16.7. The number of esters is 1. The first-order valence-electron chi connectivity index (χ1n) is 9.02. The molecule has 0 spiro atoms. The molecule has 2 atom stereocenters. The molecule has 10 heteroatoms. The molecule has 2 rings (SSSR count). The Hall–Kier alpha value is -2.62. The Labute approximate surface area is 180 Å². The van der Waals surface area contributed by atoms with Crippen LogP contribution in [0.5, 0.6) is 5.75 Å². The molecule has 0 aliphatic rings. The molecule has 0 fully saturated rings. The number of hydrogen-bond acceptors (Lipinski definition) is 6. The fourth-order valence-corrected chi connectivity index (χ4v) is 3.80. The van der Waals surface area contributed by atoms with Crippen molar-refractivity contribution in [2.45, 2.75) is 37.4 Å². The Morgan fingerprint density at radius 3 is 2.30 bits per heavy atom. The van der Waals surface area contributed by atoms with Crippen molar-refractivity contribution in [3.05, 3.63) is 59.1 Å². The summed E-state index contributed by atoms with van der Waals surface area (Å²) in [5.41, 5.74) is 0.715. The van der Waals surface area contributed by atoms with Gasteiger partial charge in [0.2, 0.25) is 10.0 Å². The van der Waals surface area contributed by atoms with Gasteiger partial charge in [-0.1, -0.05) is 29.8 Å². The van der Waals surface area contributed by atoms with E-state index in [1.807, 2.05) is 0 Å². The van der Waals surface area contributed by atoms with Crippen molar-refractivity contribution in [2.24, 2.45) is 0 Å². The van der Waals surface area contributed by atoms with Crippen molar-refractivity contribution < 1.29 is 27.5 Å². The molecule has 2 N–H and O–H groups in total. The number of benzene rings is 2. The second kappa shape index (κ2) is 10.4. The Bertz CT molecular complexity index is 995. The largest absolute Gasteiger partial charge is 0.497 e. The van der Waals surface area contributed by atoms with E-state index in [0.29, 0.717) is 16.3 Å². The number of carbonyl (C=O) groups excluding carboxylic acids is 2. The third-order valence-electron chi connectivity index (χ3n) is 4.13. The van der Waals surface area contributed by atoms with Gasteiger partial charge in [-0.05, 0) is 49.7 Å². The zero-order chi connectivity index (χ0) is 22.3. The Balaban J connectivity index is 1.90. The fourth-order valence-electron chi connectivity index (χ4n) is 2.40. The van der Waals surface area contributed by atoms with Gasteiger partial charge in [0, 0.05) is 11.6 Å². The van der Waals surface area contributed by atoms with Gasteiger partial charge < -0.3 is 14.8 Å². The fraction of sp³-hybridized carbons (Fsp3) is 0.300. The van der Waals surface area contributed by atoms with Gasteiger partial charge in [-0.3, -0.25) is 9.59 Å².